The van der Waals surface area contributed by atoms with Crippen LogP contribution in [-0.2, 0) is 21.3 Å². The molecule has 0 radical (unpaired) electrons. The maximum absolute atomic E-state index is 11.5. The third-order valence-corrected chi connectivity index (χ3v) is 3.56. The van der Waals surface area contributed by atoms with Crippen molar-refractivity contribution in [2.45, 2.75) is 18.6 Å². The lowest BCUT2D eigenvalue weighted by Gasteiger charge is -2.09. The second kappa shape index (κ2) is 5.65. The summed E-state index contributed by atoms with van der Waals surface area (Å²) in [7, 11) is -2.42. The molecule has 0 saturated heterocycles. The van der Waals surface area contributed by atoms with Crippen molar-refractivity contribution in [3.05, 3.63) is 24.0 Å². The standard InChI is InChI=1S/C11H15N5O3S/c1-8-7-13-4-3-9(8)10-14-15-11(20(12,17)18)16(10)5-6-19-2/h3-4,7H,5-6H2,1-2H3,(H2,12,17,18). The van der Waals surface area contributed by atoms with Gasteiger partial charge in [0.25, 0.3) is 15.2 Å². The largest absolute Gasteiger partial charge is 0.383 e. The number of nitrogens with two attached hydrogens (primary N) is 1. The zero-order valence-corrected chi connectivity index (χ0v) is 12.0. The van der Waals surface area contributed by atoms with Crippen molar-refractivity contribution in [2.24, 2.45) is 5.14 Å². The summed E-state index contributed by atoms with van der Waals surface area (Å²) in [5.74, 6) is 0.422. The summed E-state index contributed by atoms with van der Waals surface area (Å²) < 4.78 is 29.5. The Morgan fingerprint density at radius 2 is 2.15 bits per heavy atom. The maximum Gasteiger partial charge on any atom is 0.273 e. The van der Waals surface area contributed by atoms with E-state index in [1.54, 1.807) is 18.5 Å². The van der Waals surface area contributed by atoms with Crippen LogP contribution in [0.5, 0.6) is 0 Å². The fourth-order valence-electron chi connectivity index (χ4n) is 1.81. The summed E-state index contributed by atoms with van der Waals surface area (Å²) in [4.78, 5) is 3.99. The molecule has 0 amide bonds. The van der Waals surface area contributed by atoms with E-state index in [1.807, 2.05) is 6.92 Å². The zero-order chi connectivity index (χ0) is 14.8. The molecule has 0 aliphatic heterocycles. The average molecular weight is 297 g/mol. The summed E-state index contributed by atoms with van der Waals surface area (Å²) in [5.41, 5.74) is 1.61. The fourth-order valence-corrected chi connectivity index (χ4v) is 2.45. The Balaban J connectivity index is 2.60. The van der Waals surface area contributed by atoms with E-state index in [-0.39, 0.29) is 11.7 Å². The number of aryl methyl sites for hydroxylation is 1. The van der Waals surface area contributed by atoms with Crippen molar-refractivity contribution in [1.82, 2.24) is 19.7 Å². The van der Waals surface area contributed by atoms with E-state index < -0.39 is 10.0 Å². The zero-order valence-electron chi connectivity index (χ0n) is 11.1. The number of primary sulfonamides is 1. The van der Waals surface area contributed by atoms with Crippen molar-refractivity contribution in [3.8, 4) is 11.4 Å². The van der Waals surface area contributed by atoms with E-state index in [9.17, 15) is 8.42 Å². The van der Waals surface area contributed by atoms with E-state index in [0.717, 1.165) is 11.1 Å². The van der Waals surface area contributed by atoms with Gasteiger partial charge in [0.1, 0.15) is 0 Å². The number of hydrogen-bond acceptors (Lipinski definition) is 6. The Kier molecular flexibility index (Phi) is 4.12. The van der Waals surface area contributed by atoms with Crippen LogP contribution in [0.15, 0.2) is 23.6 Å². The van der Waals surface area contributed by atoms with Crippen LogP contribution < -0.4 is 5.14 Å². The molecule has 9 heteroatoms. The van der Waals surface area contributed by atoms with Crippen LogP contribution in [0.4, 0.5) is 0 Å². The van der Waals surface area contributed by atoms with Gasteiger partial charge >= 0.3 is 0 Å². The van der Waals surface area contributed by atoms with Gasteiger partial charge in [-0.1, -0.05) is 0 Å². The highest BCUT2D eigenvalue weighted by atomic mass is 32.2. The molecule has 2 heterocycles. The predicted molar refractivity (Wildman–Crippen MR) is 71.2 cm³/mol. The minimum atomic E-state index is -3.95. The summed E-state index contributed by atoms with van der Waals surface area (Å²) >= 11 is 0. The molecule has 2 aromatic heterocycles. The van der Waals surface area contributed by atoms with Crippen LogP contribution in [0.2, 0.25) is 0 Å². The molecule has 0 bridgehead atoms. The highest BCUT2D eigenvalue weighted by molar-refractivity contribution is 7.89. The van der Waals surface area contributed by atoms with E-state index in [2.05, 4.69) is 15.2 Å². The van der Waals surface area contributed by atoms with E-state index >= 15 is 0 Å². The minimum Gasteiger partial charge on any atom is -0.383 e. The SMILES string of the molecule is COCCn1c(-c2ccncc2C)nnc1S(N)(=O)=O. The van der Waals surface area contributed by atoms with Crippen LogP contribution in [0.3, 0.4) is 0 Å². The van der Waals surface area contributed by atoms with Crippen LogP contribution in [-0.4, -0.2) is 41.9 Å². The number of methoxy groups -OCH3 is 1. The fraction of sp³-hybridized carbons (Fsp3) is 0.364. The number of pyridine rings is 1. The van der Waals surface area contributed by atoms with Gasteiger partial charge in [-0.3, -0.25) is 9.55 Å². The van der Waals surface area contributed by atoms with Gasteiger partial charge in [-0.25, -0.2) is 13.6 Å². The average Bonchev–Trinajstić information content (AvgIpc) is 2.80. The first-order valence-electron chi connectivity index (χ1n) is 5.81. The molecule has 0 spiro atoms. The van der Waals surface area contributed by atoms with Gasteiger partial charge in [0, 0.05) is 25.1 Å². The second-order valence-corrected chi connectivity index (χ2v) is 5.64. The van der Waals surface area contributed by atoms with Gasteiger partial charge in [0.2, 0.25) is 0 Å². The first-order chi connectivity index (χ1) is 9.45. The molecule has 0 atom stereocenters. The van der Waals surface area contributed by atoms with Crippen LogP contribution in [0.25, 0.3) is 11.4 Å². The Labute approximate surface area is 116 Å². The number of aromatic nitrogens is 4. The molecule has 0 saturated carbocycles. The first kappa shape index (κ1) is 14.6. The van der Waals surface area contributed by atoms with Gasteiger partial charge in [0.15, 0.2) is 5.82 Å². The van der Waals surface area contributed by atoms with Crippen molar-refractivity contribution in [3.63, 3.8) is 0 Å². The molecule has 0 aliphatic rings. The smallest absolute Gasteiger partial charge is 0.273 e. The maximum atomic E-state index is 11.5. The molecule has 0 unspecified atom stereocenters. The van der Waals surface area contributed by atoms with Gasteiger partial charge < -0.3 is 4.74 Å². The summed E-state index contributed by atoms with van der Waals surface area (Å²) in [6.07, 6.45) is 3.27. The molecule has 20 heavy (non-hydrogen) atoms. The van der Waals surface area contributed by atoms with E-state index in [4.69, 9.17) is 9.88 Å². The summed E-state index contributed by atoms with van der Waals surface area (Å²) in [6.45, 7) is 2.46. The Hall–Kier alpha value is -1.84. The molecule has 0 aromatic carbocycles. The molecule has 2 rings (SSSR count). The van der Waals surface area contributed by atoms with Crippen molar-refractivity contribution in [2.75, 3.05) is 13.7 Å². The predicted octanol–water partition coefficient (Wildman–Crippen LogP) is -0.0577. The van der Waals surface area contributed by atoms with Crippen molar-refractivity contribution in [1.29, 1.82) is 0 Å². The minimum absolute atomic E-state index is 0.277. The monoisotopic (exact) mass is 297 g/mol. The summed E-state index contributed by atoms with van der Waals surface area (Å²) in [5, 5.41) is 12.5. The highest BCUT2D eigenvalue weighted by Crippen LogP contribution is 2.22. The lowest BCUT2D eigenvalue weighted by molar-refractivity contribution is 0.185. The van der Waals surface area contributed by atoms with Gasteiger partial charge in [-0.2, -0.15) is 0 Å². The van der Waals surface area contributed by atoms with E-state index in [0.29, 0.717) is 12.4 Å². The molecule has 108 valence electrons. The van der Waals surface area contributed by atoms with Crippen LogP contribution in [0, 0.1) is 6.92 Å². The third kappa shape index (κ3) is 2.84. The highest BCUT2D eigenvalue weighted by Gasteiger charge is 2.22. The summed E-state index contributed by atoms with van der Waals surface area (Å²) in [6, 6.07) is 1.75. The quantitative estimate of drug-likeness (QED) is 0.827. The van der Waals surface area contributed by atoms with Gasteiger partial charge in [0.05, 0.1) is 13.2 Å². The molecule has 2 aromatic rings. The molecular weight excluding hydrogens is 282 g/mol. The lowest BCUT2D eigenvalue weighted by atomic mass is 10.1. The molecular formula is C11H15N5O3S. The number of sulfonamides is 1. The normalized spacial score (nSPS) is 11.8. The molecule has 0 aliphatic carbocycles. The Bertz CT molecular complexity index is 711. The molecule has 8 nitrogen and oxygen atoms in total. The number of rotatable bonds is 5. The Morgan fingerprint density at radius 3 is 2.75 bits per heavy atom. The first-order valence-corrected chi connectivity index (χ1v) is 7.35. The van der Waals surface area contributed by atoms with Crippen molar-refractivity contribution >= 4 is 10.0 Å². The topological polar surface area (TPSA) is 113 Å². The third-order valence-electron chi connectivity index (χ3n) is 2.75. The van der Waals surface area contributed by atoms with Crippen molar-refractivity contribution < 1.29 is 13.2 Å². The lowest BCUT2D eigenvalue weighted by Crippen LogP contribution is -2.20. The number of ether oxygens (including phenoxy) is 1. The van der Waals surface area contributed by atoms with E-state index in [1.165, 1.54) is 11.7 Å². The number of hydrogen-bond donors (Lipinski definition) is 1. The molecule has 2 N–H and O–H groups in total. The molecule has 0 fully saturated rings. The van der Waals surface area contributed by atoms with Crippen LogP contribution >= 0.6 is 0 Å². The second-order valence-electron chi connectivity index (χ2n) is 4.19. The van der Waals surface area contributed by atoms with Gasteiger partial charge in [-0.05, 0) is 18.6 Å². The van der Waals surface area contributed by atoms with Gasteiger partial charge in [-0.15, -0.1) is 10.2 Å². The van der Waals surface area contributed by atoms with Crippen LogP contribution in [0.1, 0.15) is 5.56 Å². The Morgan fingerprint density at radius 1 is 1.40 bits per heavy atom. The number of nitrogens with zero attached hydrogens (tertiary/aromatic N) is 4.